The lowest BCUT2D eigenvalue weighted by Gasteiger charge is -2.37. The zero-order valence-electron chi connectivity index (χ0n) is 34.8. The number of nitrogens with zero attached hydrogens (tertiary/aromatic N) is 2. The molecular weight excluding hydrogens is 807 g/mol. The van der Waals surface area contributed by atoms with E-state index in [4.69, 9.17) is 23.7 Å². The molecule has 1 fully saturated rings. The van der Waals surface area contributed by atoms with Crippen molar-refractivity contribution in [1.82, 2.24) is 20.2 Å². The number of aliphatic hydroxyl groups is 1. The lowest BCUT2D eigenvalue weighted by molar-refractivity contribution is -0.0979. The van der Waals surface area contributed by atoms with Gasteiger partial charge in [-0.25, -0.2) is 4.79 Å². The van der Waals surface area contributed by atoms with Crippen LogP contribution in [0.15, 0.2) is 160 Å². The van der Waals surface area contributed by atoms with Crippen LogP contribution in [0.25, 0.3) is 0 Å². The number of hydrogen-bond donors (Lipinski definition) is 4. The molecule has 7 rings (SSSR count). The maximum absolute atomic E-state index is 13.3. The van der Waals surface area contributed by atoms with E-state index >= 15 is 0 Å². The number of H-pyrrole nitrogens is 1. The Balaban J connectivity index is 1.18. The summed E-state index contributed by atoms with van der Waals surface area (Å²) in [5, 5.41) is 17.4. The predicted molar refractivity (Wildman–Crippen MR) is 234 cm³/mol. The van der Waals surface area contributed by atoms with E-state index in [9.17, 15) is 24.3 Å². The van der Waals surface area contributed by atoms with Crippen molar-refractivity contribution >= 4 is 17.8 Å². The van der Waals surface area contributed by atoms with Gasteiger partial charge in [-0.1, -0.05) is 91.0 Å². The smallest absolute Gasteiger partial charge is 0.330 e. The van der Waals surface area contributed by atoms with E-state index in [1.165, 1.54) is 13.1 Å². The number of hydrogen-bond acceptors (Lipinski definition) is 11. The summed E-state index contributed by atoms with van der Waals surface area (Å²) in [5.74, 6) is 0.143. The van der Waals surface area contributed by atoms with Gasteiger partial charge in [0, 0.05) is 22.9 Å². The van der Waals surface area contributed by atoms with Crippen LogP contribution in [0, 0.1) is 6.92 Å². The number of carbonyl (C=O) groups is 2. The molecule has 15 heteroatoms. The minimum absolute atomic E-state index is 0.109. The molecule has 0 spiro atoms. The largest absolute Gasteiger partial charge is 0.497 e. The van der Waals surface area contributed by atoms with Gasteiger partial charge < -0.3 is 28.8 Å². The number of aliphatic hydroxyl groups excluding tert-OH is 1. The van der Waals surface area contributed by atoms with Crippen molar-refractivity contribution in [2.45, 2.75) is 37.1 Å². The molecule has 0 aliphatic carbocycles. The van der Waals surface area contributed by atoms with Crippen LogP contribution in [0.4, 0.5) is 0 Å². The van der Waals surface area contributed by atoms with Gasteiger partial charge in [-0.05, 0) is 72.1 Å². The molecule has 0 radical (unpaired) electrons. The Morgan fingerprint density at radius 3 is 1.75 bits per heavy atom. The molecule has 2 heterocycles. The number of rotatable bonds is 15. The normalized spacial score (nSPS) is 17.1. The molecule has 5 aromatic carbocycles. The predicted octanol–water partition coefficient (Wildman–Crippen LogP) is 4.73. The molecule has 2 amide bonds. The first kappa shape index (κ1) is 43.9. The fourth-order valence-corrected chi connectivity index (χ4v) is 7.31. The number of nitrogens with one attached hydrogen (secondary N) is 3. The summed E-state index contributed by atoms with van der Waals surface area (Å²) in [6.45, 7) is 1.06. The van der Waals surface area contributed by atoms with Crippen LogP contribution in [0.1, 0.15) is 49.2 Å². The number of methoxy groups -OCH3 is 2. The summed E-state index contributed by atoms with van der Waals surface area (Å²) < 4.78 is 31.9. The van der Waals surface area contributed by atoms with Gasteiger partial charge in [0.1, 0.15) is 35.4 Å². The average molecular weight is 854 g/mol. The number of amides is 2. The molecule has 0 bridgehead atoms. The van der Waals surface area contributed by atoms with Crippen molar-refractivity contribution in [3.63, 3.8) is 0 Å². The SMILES string of the molecule is COc1ccc(C(OC[C@H]2O[C@@H](n3cc(C)c(=O)[nH]c3=O)[C@H](OCCN=C(NC(=O)c3ccccc3)NC(=O)c3ccccc3)[C@@H]2O)(c2ccccc2)c2ccc(OC)cc2)cc1. The zero-order chi connectivity index (χ0) is 44.3. The fraction of sp³-hybridized carbons (Fsp3) is 0.229. The first-order valence-electron chi connectivity index (χ1n) is 20.1. The summed E-state index contributed by atoms with van der Waals surface area (Å²) in [7, 11) is 3.17. The van der Waals surface area contributed by atoms with Gasteiger partial charge in [-0.3, -0.25) is 39.6 Å². The number of aryl methyl sites for hydroxylation is 1. The number of aliphatic imine (C=N–C) groups is 1. The molecule has 1 aliphatic heterocycles. The fourth-order valence-electron chi connectivity index (χ4n) is 7.31. The topological polar surface area (TPSA) is 192 Å². The Hall–Kier alpha value is -7.17. The second-order valence-corrected chi connectivity index (χ2v) is 14.6. The third-order valence-electron chi connectivity index (χ3n) is 10.6. The van der Waals surface area contributed by atoms with Crippen molar-refractivity contribution in [2.24, 2.45) is 4.99 Å². The number of ether oxygens (including phenoxy) is 5. The van der Waals surface area contributed by atoms with Crippen LogP contribution < -0.4 is 31.4 Å². The van der Waals surface area contributed by atoms with Gasteiger partial charge in [-0.15, -0.1) is 0 Å². The van der Waals surface area contributed by atoms with Crippen molar-refractivity contribution < 1.29 is 38.4 Å². The van der Waals surface area contributed by atoms with Crippen molar-refractivity contribution in [1.29, 1.82) is 0 Å². The van der Waals surface area contributed by atoms with E-state index in [1.54, 1.807) is 74.9 Å². The molecular formula is C48H47N5O10. The van der Waals surface area contributed by atoms with Gasteiger partial charge in [0.15, 0.2) is 6.23 Å². The number of benzene rings is 5. The average Bonchev–Trinajstić information content (AvgIpc) is 3.63. The maximum Gasteiger partial charge on any atom is 0.330 e. The zero-order valence-corrected chi connectivity index (χ0v) is 34.8. The number of aromatic nitrogens is 2. The summed E-state index contributed by atoms with van der Waals surface area (Å²) in [4.78, 5) is 58.7. The Morgan fingerprint density at radius 1 is 0.746 bits per heavy atom. The van der Waals surface area contributed by atoms with Gasteiger partial charge >= 0.3 is 5.69 Å². The number of guanidine groups is 1. The van der Waals surface area contributed by atoms with E-state index < -0.39 is 53.2 Å². The second-order valence-electron chi connectivity index (χ2n) is 14.6. The number of carbonyl (C=O) groups excluding carboxylic acids is 2. The van der Waals surface area contributed by atoms with Gasteiger partial charge in [0.2, 0.25) is 5.96 Å². The van der Waals surface area contributed by atoms with Crippen molar-refractivity contribution in [3.8, 4) is 11.5 Å². The molecule has 63 heavy (non-hydrogen) atoms. The van der Waals surface area contributed by atoms with Gasteiger partial charge in [0.25, 0.3) is 17.4 Å². The molecule has 15 nitrogen and oxygen atoms in total. The summed E-state index contributed by atoms with van der Waals surface area (Å²) in [6.07, 6.45) is -3.54. The molecule has 1 aliphatic rings. The first-order chi connectivity index (χ1) is 30.6. The Labute approximate surface area is 362 Å². The minimum atomic E-state index is -1.38. The maximum atomic E-state index is 13.3. The van der Waals surface area contributed by atoms with E-state index in [0.717, 1.165) is 21.3 Å². The van der Waals surface area contributed by atoms with E-state index in [-0.39, 0.29) is 31.3 Å². The molecule has 4 N–H and O–H groups in total. The Morgan fingerprint density at radius 2 is 1.24 bits per heavy atom. The Kier molecular flexibility index (Phi) is 14.0. The van der Waals surface area contributed by atoms with E-state index in [1.807, 2.05) is 78.9 Å². The standard InChI is InChI=1S/C48H47N5O10/c1-31-29-53(47(58)52-42(31)55)45-41(61-28-27-49-46(50-43(56)32-13-7-4-8-14-32)51-44(57)33-15-9-5-10-16-33)40(54)39(63-45)30-62-48(34-17-11-6-12-18-34,35-19-23-37(59-2)24-20-35)36-21-25-38(60-3)26-22-36/h4-26,29,39-41,45,54H,27-28,30H2,1-3H3,(H,52,55,58)(H2,49,50,51,56,57)/t39-,40-,41-,45-/m1/s1. The molecule has 6 aromatic rings. The van der Waals surface area contributed by atoms with Gasteiger partial charge in [-0.2, -0.15) is 0 Å². The highest BCUT2D eigenvalue weighted by Crippen LogP contribution is 2.43. The molecule has 1 saturated heterocycles. The monoisotopic (exact) mass is 853 g/mol. The lowest BCUT2D eigenvalue weighted by Crippen LogP contribution is -2.44. The molecule has 4 atom stereocenters. The Bertz CT molecular complexity index is 2520. The van der Waals surface area contributed by atoms with Crippen LogP contribution in [-0.2, 0) is 19.8 Å². The molecule has 0 saturated carbocycles. The third kappa shape index (κ3) is 9.98. The highest BCUT2D eigenvalue weighted by Gasteiger charge is 2.48. The third-order valence-corrected chi connectivity index (χ3v) is 10.6. The van der Waals surface area contributed by atoms with Crippen molar-refractivity contribution in [3.05, 3.63) is 200 Å². The van der Waals surface area contributed by atoms with Crippen LogP contribution in [-0.4, -0.2) is 84.7 Å². The number of aromatic amines is 1. The molecule has 1 aromatic heterocycles. The summed E-state index contributed by atoms with van der Waals surface area (Å²) >= 11 is 0. The highest BCUT2D eigenvalue weighted by molar-refractivity contribution is 6.12. The van der Waals surface area contributed by atoms with Crippen LogP contribution in [0.5, 0.6) is 11.5 Å². The van der Waals surface area contributed by atoms with E-state index in [2.05, 4.69) is 20.6 Å². The van der Waals surface area contributed by atoms with Gasteiger partial charge in [0.05, 0.1) is 34.0 Å². The second kappa shape index (κ2) is 20.1. The first-order valence-corrected chi connectivity index (χ1v) is 20.1. The summed E-state index contributed by atoms with van der Waals surface area (Å²) in [6, 6.07) is 41.4. The quantitative estimate of drug-likeness (QED) is 0.0486. The van der Waals surface area contributed by atoms with Crippen LogP contribution in [0.3, 0.4) is 0 Å². The van der Waals surface area contributed by atoms with Crippen molar-refractivity contribution in [2.75, 3.05) is 34.0 Å². The van der Waals surface area contributed by atoms with E-state index in [0.29, 0.717) is 22.6 Å². The van der Waals surface area contributed by atoms with Crippen LogP contribution in [0.2, 0.25) is 0 Å². The minimum Gasteiger partial charge on any atom is -0.497 e. The molecule has 0 unspecified atom stereocenters. The highest BCUT2D eigenvalue weighted by atomic mass is 16.6. The lowest BCUT2D eigenvalue weighted by atomic mass is 9.80. The summed E-state index contributed by atoms with van der Waals surface area (Å²) in [5.41, 5.74) is 0.568. The molecule has 324 valence electrons. The van der Waals surface area contributed by atoms with Crippen LogP contribution >= 0.6 is 0 Å².